The number of carbonyl (C=O) groups excluding carboxylic acids is 1. The first-order valence-corrected chi connectivity index (χ1v) is 11.5. The van der Waals surface area contributed by atoms with Gasteiger partial charge in [0.05, 0.1) is 31.7 Å². The number of aromatic amines is 1. The summed E-state index contributed by atoms with van der Waals surface area (Å²) >= 11 is 0. The Morgan fingerprint density at radius 2 is 1.82 bits per heavy atom. The number of nitrogens with zero attached hydrogens (tertiary/aromatic N) is 2. The molecule has 0 spiro atoms. The van der Waals surface area contributed by atoms with Gasteiger partial charge in [0.2, 0.25) is 0 Å². The monoisotopic (exact) mass is 457 g/mol. The molecule has 3 heterocycles. The van der Waals surface area contributed by atoms with Crippen LogP contribution in [0.25, 0.3) is 10.9 Å². The minimum absolute atomic E-state index is 0.147. The molecule has 0 saturated carbocycles. The highest BCUT2D eigenvalue weighted by molar-refractivity contribution is 5.86. The third-order valence-corrected chi connectivity index (χ3v) is 7.12. The standard InChI is InChI=1S/C25H27F3N4O/c1-17(24(33)32-10-9-23-21(16-32)20-7-2-3-8-22(20)29-23)30-11-13-31(14-12-30)19-6-4-5-18(15-19)25(26,27)28/h2-8,15,17,29H,9-14,16H2,1H3/p+1/t17-/m0/s1. The first-order chi connectivity index (χ1) is 15.8. The van der Waals surface area contributed by atoms with Crippen LogP contribution in [0, 0.1) is 0 Å². The molecule has 8 heteroatoms. The highest BCUT2D eigenvalue weighted by Crippen LogP contribution is 2.32. The number of halogens is 3. The number of benzene rings is 2. The highest BCUT2D eigenvalue weighted by Gasteiger charge is 2.35. The van der Waals surface area contributed by atoms with Crippen molar-refractivity contribution in [3.8, 4) is 0 Å². The Morgan fingerprint density at radius 3 is 2.58 bits per heavy atom. The summed E-state index contributed by atoms with van der Waals surface area (Å²) in [6.07, 6.45) is -3.52. The molecule has 5 rings (SSSR count). The van der Waals surface area contributed by atoms with E-state index in [4.69, 9.17) is 0 Å². The molecule has 1 saturated heterocycles. The van der Waals surface area contributed by atoms with Crippen molar-refractivity contribution in [2.75, 3.05) is 37.6 Å². The van der Waals surface area contributed by atoms with E-state index < -0.39 is 11.7 Å². The van der Waals surface area contributed by atoms with E-state index in [2.05, 4.69) is 17.1 Å². The van der Waals surface area contributed by atoms with E-state index >= 15 is 0 Å². The SMILES string of the molecule is C[C@@H](C(=O)N1CCc2[nH]c3ccccc3c2C1)[NH+]1CCN(c2cccc(C(F)(F)F)c2)CC1. The van der Waals surface area contributed by atoms with E-state index in [1.165, 1.54) is 33.7 Å². The number of fused-ring (bicyclic) bond motifs is 3. The minimum atomic E-state index is -4.34. The van der Waals surface area contributed by atoms with Crippen LogP contribution in [0.3, 0.4) is 0 Å². The Bertz CT molecular complexity index is 1160. The molecule has 2 aliphatic heterocycles. The molecule has 1 amide bonds. The number of anilines is 1. The number of nitrogens with one attached hydrogen (secondary N) is 2. The zero-order chi connectivity index (χ0) is 23.2. The fourth-order valence-electron chi connectivity index (χ4n) is 5.17. The van der Waals surface area contributed by atoms with E-state index in [1.54, 1.807) is 6.07 Å². The summed E-state index contributed by atoms with van der Waals surface area (Å²) in [5, 5.41) is 1.18. The molecule has 174 valence electrons. The molecule has 33 heavy (non-hydrogen) atoms. The van der Waals surface area contributed by atoms with Crippen LogP contribution in [0.2, 0.25) is 0 Å². The van der Waals surface area contributed by atoms with Gasteiger partial charge < -0.3 is 19.7 Å². The molecule has 1 fully saturated rings. The molecular formula is C25H28F3N4O+. The van der Waals surface area contributed by atoms with Gasteiger partial charge in [0.15, 0.2) is 6.04 Å². The van der Waals surface area contributed by atoms with Gasteiger partial charge >= 0.3 is 6.18 Å². The van der Waals surface area contributed by atoms with Crippen molar-refractivity contribution < 1.29 is 22.9 Å². The first-order valence-electron chi connectivity index (χ1n) is 11.5. The van der Waals surface area contributed by atoms with Crippen molar-refractivity contribution in [2.24, 2.45) is 0 Å². The van der Waals surface area contributed by atoms with Crippen LogP contribution >= 0.6 is 0 Å². The minimum Gasteiger partial charge on any atom is -0.360 e. The number of alkyl halides is 3. The van der Waals surface area contributed by atoms with E-state index in [0.29, 0.717) is 31.9 Å². The molecule has 2 aromatic carbocycles. The molecule has 1 aromatic heterocycles. The van der Waals surface area contributed by atoms with Crippen LogP contribution in [0.5, 0.6) is 0 Å². The molecule has 0 aliphatic carbocycles. The number of carbonyl (C=O) groups is 1. The van der Waals surface area contributed by atoms with E-state index in [-0.39, 0.29) is 11.9 Å². The molecule has 0 unspecified atom stereocenters. The maximum absolute atomic E-state index is 13.3. The Balaban J connectivity index is 1.22. The first kappa shape index (κ1) is 21.8. The lowest BCUT2D eigenvalue weighted by Crippen LogP contribution is -3.19. The van der Waals surface area contributed by atoms with E-state index in [9.17, 15) is 18.0 Å². The summed E-state index contributed by atoms with van der Waals surface area (Å²) in [6.45, 7) is 5.98. The van der Waals surface area contributed by atoms with Gasteiger partial charge in [-0.25, -0.2) is 0 Å². The molecule has 0 bridgehead atoms. The Labute approximate surface area is 190 Å². The molecule has 0 radical (unpaired) electrons. The lowest BCUT2D eigenvalue weighted by Gasteiger charge is -2.38. The topological polar surface area (TPSA) is 43.8 Å². The number of rotatable bonds is 3. The van der Waals surface area contributed by atoms with Crippen LogP contribution in [-0.4, -0.2) is 54.6 Å². The second kappa shape index (κ2) is 8.41. The maximum atomic E-state index is 13.3. The van der Waals surface area contributed by atoms with Crippen molar-refractivity contribution in [3.63, 3.8) is 0 Å². The highest BCUT2D eigenvalue weighted by atomic mass is 19.4. The normalized spacial score (nSPS) is 18.4. The smallest absolute Gasteiger partial charge is 0.360 e. The van der Waals surface area contributed by atoms with Crippen molar-refractivity contribution in [3.05, 3.63) is 65.4 Å². The largest absolute Gasteiger partial charge is 0.416 e. The average molecular weight is 458 g/mol. The van der Waals surface area contributed by atoms with Crippen LogP contribution in [0.1, 0.15) is 23.7 Å². The van der Waals surface area contributed by atoms with Crippen molar-refractivity contribution in [1.29, 1.82) is 0 Å². The van der Waals surface area contributed by atoms with Crippen molar-refractivity contribution >= 4 is 22.5 Å². The second-order valence-electron chi connectivity index (χ2n) is 9.05. The Morgan fingerprint density at radius 1 is 1.06 bits per heavy atom. The van der Waals surface area contributed by atoms with Gasteiger partial charge in [-0.05, 0) is 31.2 Å². The molecule has 2 N–H and O–H groups in total. The Hall–Kier alpha value is -3.00. The zero-order valence-corrected chi connectivity index (χ0v) is 18.6. The van der Waals surface area contributed by atoms with Gasteiger partial charge in [0.1, 0.15) is 0 Å². The van der Waals surface area contributed by atoms with Crippen LogP contribution < -0.4 is 9.80 Å². The summed E-state index contributed by atoms with van der Waals surface area (Å²) < 4.78 is 39.2. The summed E-state index contributed by atoms with van der Waals surface area (Å²) in [4.78, 5) is 21.9. The third kappa shape index (κ3) is 4.19. The number of piperazine rings is 1. The second-order valence-corrected chi connectivity index (χ2v) is 9.05. The fourth-order valence-corrected chi connectivity index (χ4v) is 5.17. The van der Waals surface area contributed by atoms with Gasteiger partial charge in [-0.3, -0.25) is 4.79 Å². The number of para-hydroxylation sites is 1. The number of aromatic nitrogens is 1. The lowest BCUT2D eigenvalue weighted by atomic mass is 10.0. The summed E-state index contributed by atoms with van der Waals surface area (Å²) in [6, 6.07) is 13.5. The van der Waals surface area contributed by atoms with Gasteiger partial charge in [0, 0.05) is 47.4 Å². The number of H-pyrrole nitrogens is 1. The van der Waals surface area contributed by atoms with E-state index in [0.717, 1.165) is 31.1 Å². The molecule has 3 aromatic rings. The zero-order valence-electron chi connectivity index (χ0n) is 18.6. The number of amides is 1. The Kier molecular flexibility index (Phi) is 5.56. The molecule has 1 atom stereocenters. The van der Waals surface area contributed by atoms with Crippen LogP contribution in [0.15, 0.2) is 48.5 Å². The van der Waals surface area contributed by atoms with Gasteiger partial charge in [-0.1, -0.05) is 24.3 Å². The number of hydrogen-bond donors (Lipinski definition) is 2. The van der Waals surface area contributed by atoms with Gasteiger partial charge in [-0.15, -0.1) is 0 Å². The predicted molar refractivity (Wildman–Crippen MR) is 121 cm³/mol. The maximum Gasteiger partial charge on any atom is 0.416 e. The summed E-state index contributed by atoms with van der Waals surface area (Å²) in [7, 11) is 0. The van der Waals surface area contributed by atoms with Gasteiger partial charge in [0.25, 0.3) is 5.91 Å². The summed E-state index contributed by atoms with van der Waals surface area (Å²) in [5.41, 5.74) is 3.50. The third-order valence-electron chi connectivity index (χ3n) is 7.12. The van der Waals surface area contributed by atoms with E-state index in [1.807, 2.05) is 28.9 Å². The van der Waals surface area contributed by atoms with Crippen molar-refractivity contribution in [2.45, 2.75) is 32.1 Å². The van der Waals surface area contributed by atoms with Gasteiger partial charge in [-0.2, -0.15) is 13.2 Å². The summed E-state index contributed by atoms with van der Waals surface area (Å²) in [5.74, 6) is 0.147. The molecular weight excluding hydrogens is 429 g/mol. The molecule has 5 nitrogen and oxygen atoms in total. The van der Waals surface area contributed by atoms with Crippen molar-refractivity contribution in [1.82, 2.24) is 9.88 Å². The van der Waals surface area contributed by atoms with Crippen LogP contribution in [0.4, 0.5) is 18.9 Å². The lowest BCUT2D eigenvalue weighted by molar-refractivity contribution is -0.915. The predicted octanol–water partition coefficient (Wildman–Crippen LogP) is 2.87. The van der Waals surface area contributed by atoms with Crippen LogP contribution in [-0.2, 0) is 23.9 Å². The molecule has 2 aliphatic rings. The number of hydrogen-bond acceptors (Lipinski definition) is 2. The average Bonchev–Trinajstić information content (AvgIpc) is 3.21. The quantitative estimate of drug-likeness (QED) is 0.635. The number of quaternary nitrogens is 1. The fraction of sp³-hybridized carbons (Fsp3) is 0.400.